The number of anilines is 2. The molecule has 1 heterocycles. The summed E-state index contributed by atoms with van der Waals surface area (Å²) in [6.07, 6.45) is 0. The lowest BCUT2D eigenvalue weighted by molar-refractivity contribution is -0.120. The summed E-state index contributed by atoms with van der Waals surface area (Å²) in [5.74, 6) is -0.0469. The number of ether oxygens (including phenoxy) is 2. The predicted octanol–water partition coefficient (Wildman–Crippen LogP) is 3.46. The number of carbonyl (C=O) groups is 2. The summed E-state index contributed by atoms with van der Waals surface area (Å²) in [5.41, 5.74) is 4.90. The molecular formula is C19H19NO4. The molecule has 1 aliphatic rings. The van der Waals surface area contributed by atoms with Crippen LogP contribution in [0.25, 0.3) is 0 Å². The lowest BCUT2D eigenvalue weighted by atomic mass is 10.0. The van der Waals surface area contributed by atoms with Gasteiger partial charge in [-0.3, -0.25) is 9.69 Å². The number of fused-ring (bicyclic) bond motifs is 1. The van der Waals surface area contributed by atoms with Crippen molar-refractivity contribution in [3.8, 4) is 5.75 Å². The Morgan fingerprint density at radius 3 is 2.42 bits per heavy atom. The molecule has 1 amide bonds. The molecule has 0 aliphatic carbocycles. The fourth-order valence-corrected chi connectivity index (χ4v) is 3.17. The summed E-state index contributed by atoms with van der Waals surface area (Å²) in [6.45, 7) is 5.94. The van der Waals surface area contributed by atoms with Crippen molar-refractivity contribution in [2.45, 2.75) is 20.8 Å². The van der Waals surface area contributed by atoms with Gasteiger partial charge < -0.3 is 9.47 Å². The molecule has 0 unspecified atom stereocenters. The molecule has 5 heteroatoms. The van der Waals surface area contributed by atoms with Crippen LogP contribution in [-0.2, 0) is 9.53 Å². The highest BCUT2D eigenvalue weighted by Crippen LogP contribution is 2.40. The molecule has 2 aromatic rings. The zero-order valence-electron chi connectivity index (χ0n) is 14.2. The van der Waals surface area contributed by atoms with E-state index in [0.717, 1.165) is 22.4 Å². The highest BCUT2D eigenvalue weighted by molar-refractivity contribution is 6.06. The largest absolute Gasteiger partial charge is 0.482 e. The van der Waals surface area contributed by atoms with E-state index in [4.69, 9.17) is 9.47 Å². The quantitative estimate of drug-likeness (QED) is 0.794. The van der Waals surface area contributed by atoms with Gasteiger partial charge in [-0.2, -0.15) is 0 Å². The third kappa shape index (κ3) is 2.62. The maximum atomic E-state index is 12.6. The normalized spacial score (nSPS) is 13.3. The molecule has 1 aliphatic heterocycles. The molecule has 0 saturated heterocycles. The topological polar surface area (TPSA) is 55.8 Å². The summed E-state index contributed by atoms with van der Waals surface area (Å²) >= 11 is 0. The van der Waals surface area contributed by atoms with E-state index in [-0.39, 0.29) is 12.5 Å². The second-order valence-corrected chi connectivity index (χ2v) is 5.94. The second kappa shape index (κ2) is 6.00. The van der Waals surface area contributed by atoms with Crippen molar-refractivity contribution in [3.63, 3.8) is 0 Å². The van der Waals surface area contributed by atoms with Crippen LogP contribution in [0, 0.1) is 20.8 Å². The van der Waals surface area contributed by atoms with E-state index >= 15 is 0 Å². The molecule has 0 saturated carbocycles. The Hall–Kier alpha value is -2.82. The van der Waals surface area contributed by atoms with Crippen LogP contribution in [0.2, 0.25) is 0 Å². The van der Waals surface area contributed by atoms with E-state index in [2.05, 4.69) is 0 Å². The molecule has 0 N–H and O–H groups in total. The SMILES string of the molecule is COC(=O)c1ccc2c(c1)N(c1c(C)cc(C)cc1C)C(=O)CO2. The minimum absolute atomic E-state index is 0.0304. The maximum Gasteiger partial charge on any atom is 0.337 e. The maximum absolute atomic E-state index is 12.6. The van der Waals surface area contributed by atoms with Gasteiger partial charge in [0.25, 0.3) is 5.91 Å². The molecule has 3 rings (SSSR count). The number of nitrogens with zero attached hydrogens (tertiary/aromatic N) is 1. The van der Waals surface area contributed by atoms with Crippen molar-refractivity contribution in [1.29, 1.82) is 0 Å². The molecule has 0 fully saturated rings. The Morgan fingerprint density at radius 1 is 1.12 bits per heavy atom. The molecule has 0 aromatic heterocycles. The average molecular weight is 325 g/mol. The Bertz CT molecular complexity index is 818. The number of carbonyl (C=O) groups excluding carboxylic acids is 2. The van der Waals surface area contributed by atoms with Gasteiger partial charge in [0, 0.05) is 0 Å². The van der Waals surface area contributed by atoms with E-state index < -0.39 is 5.97 Å². The van der Waals surface area contributed by atoms with E-state index in [1.807, 2.05) is 32.9 Å². The number of esters is 1. The van der Waals surface area contributed by atoms with Crippen LogP contribution in [0.15, 0.2) is 30.3 Å². The van der Waals surface area contributed by atoms with Crippen LogP contribution in [0.1, 0.15) is 27.0 Å². The number of amides is 1. The van der Waals surface area contributed by atoms with Crippen LogP contribution in [0.3, 0.4) is 0 Å². The number of hydrogen-bond donors (Lipinski definition) is 0. The summed E-state index contributed by atoms with van der Waals surface area (Å²) < 4.78 is 10.3. The molecular weight excluding hydrogens is 306 g/mol. The molecule has 124 valence electrons. The first-order valence-corrected chi connectivity index (χ1v) is 7.68. The van der Waals surface area contributed by atoms with Gasteiger partial charge in [-0.1, -0.05) is 17.7 Å². The summed E-state index contributed by atoms with van der Waals surface area (Å²) in [6, 6.07) is 9.04. The highest BCUT2D eigenvalue weighted by Gasteiger charge is 2.30. The third-order valence-electron chi connectivity index (χ3n) is 4.08. The lowest BCUT2D eigenvalue weighted by Crippen LogP contribution is -2.36. The van der Waals surface area contributed by atoms with Gasteiger partial charge in [0.2, 0.25) is 0 Å². The van der Waals surface area contributed by atoms with Gasteiger partial charge >= 0.3 is 5.97 Å². The van der Waals surface area contributed by atoms with Gasteiger partial charge in [0.15, 0.2) is 6.61 Å². The highest BCUT2D eigenvalue weighted by atomic mass is 16.5. The summed E-state index contributed by atoms with van der Waals surface area (Å²) in [4.78, 5) is 26.1. The fourth-order valence-electron chi connectivity index (χ4n) is 3.17. The van der Waals surface area contributed by atoms with Crippen molar-refractivity contribution in [3.05, 3.63) is 52.6 Å². The number of aryl methyl sites for hydroxylation is 3. The molecule has 0 atom stereocenters. The van der Waals surface area contributed by atoms with Gasteiger partial charge in [0.05, 0.1) is 24.0 Å². The first-order valence-electron chi connectivity index (χ1n) is 7.68. The zero-order valence-corrected chi connectivity index (χ0v) is 14.2. The minimum Gasteiger partial charge on any atom is -0.482 e. The van der Waals surface area contributed by atoms with Crippen molar-refractivity contribution < 1.29 is 19.1 Å². The van der Waals surface area contributed by atoms with E-state index in [0.29, 0.717) is 17.0 Å². The molecule has 5 nitrogen and oxygen atoms in total. The Kier molecular flexibility index (Phi) is 4.01. The van der Waals surface area contributed by atoms with Crippen LogP contribution in [-0.4, -0.2) is 25.6 Å². The first kappa shape index (κ1) is 16.1. The van der Waals surface area contributed by atoms with E-state index in [9.17, 15) is 9.59 Å². The van der Waals surface area contributed by atoms with E-state index in [1.165, 1.54) is 7.11 Å². The van der Waals surface area contributed by atoms with Crippen molar-refractivity contribution in [1.82, 2.24) is 0 Å². The van der Waals surface area contributed by atoms with Crippen LogP contribution in [0.4, 0.5) is 11.4 Å². The van der Waals surface area contributed by atoms with Gasteiger partial charge in [0.1, 0.15) is 5.75 Å². The van der Waals surface area contributed by atoms with Gasteiger partial charge in [-0.15, -0.1) is 0 Å². The number of hydrogen-bond acceptors (Lipinski definition) is 4. The molecule has 2 aromatic carbocycles. The number of rotatable bonds is 2. The molecule has 24 heavy (non-hydrogen) atoms. The smallest absolute Gasteiger partial charge is 0.337 e. The van der Waals surface area contributed by atoms with Crippen LogP contribution in [0.5, 0.6) is 5.75 Å². The van der Waals surface area contributed by atoms with Crippen LogP contribution >= 0.6 is 0 Å². The first-order chi connectivity index (χ1) is 11.4. The third-order valence-corrected chi connectivity index (χ3v) is 4.08. The van der Waals surface area contributed by atoms with Crippen LogP contribution < -0.4 is 9.64 Å². The van der Waals surface area contributed by atoms with Crippen molar-refractivity contribution >= 4 is 23.3 Å². The minimum atomic E-state index is -0.451. The van der Waals surface area contributed by atoms with Gasteiger partial charge in [-0.25, -0.2) is 4.79 Å². The fraction of sp³-hybridized carbons (Fsp3) is 0.263. The average Bonchev–Trinajstić information content (AvgIpc) is 2.54. The lowest BCUT2D eigenvalue weighted by Gasteiger charge is -2.32. The molecule has 0 radical (unpaired) electrons. The predicted molar refractivity (Wildman–Crippen MR) is 91.1 cm³/mol. The Labute approximate surface area is 140 Å². The standard InChI is InChI=1S/C19H19NO4/c1-11-7-12(2)18(13(3)8-11)20-15-9-14(19(22)23-4)5-6-16(15)24-10-17(20)21/h5-9H,10H2,1-4H3. The van der Waals surface area contributed by atoms with Crippen molar-refractivity contribution in [2.24, 2.45) is 0 Å². The Morgan fingerprint density at radius 2 is 1.79 bits per heavy atom. The van der Waals surface area contributed by atoms with Crippen molar-refractivity contribution in [2.75, 3.05) is 18.6 Å². The van der Waals surface area contributed by atoms with E-state index in [1.54, 1.807) is 23.1 Å². The summed E-state index contributed by atoms with van der Waals surface area (Å²) in [7, 11) is 1.33. The van der Waals surface area contributed by atoms with Gasteiger partial charge in [-0.05, 0) is 50.1 Å². The zero-order chi connectivity index (χ0) is 17.4. The molecule has 0 bridgehead atoms. The Balaban J connectivity index is 2.20. The number of benzene rings is 2. The second-order valence-electron chi connectivity index (χ2n) is 5.94. The molecule has 0 spiro atoms. The number of methoxy groups -OCH3 is 1. The monoisotopic (exact) mass is 325 g/mol. The summed E-state index contributed by atoms with van der Waals surface area (Å²) in [5, 5.41) is 0.